The van der Waals surface area contributed by atoms with Gasteiger partial charge >= 0.3 is 0 Å². The van der Waals surface area contributed by atoms with E-state index in [0.29, 0.717) is 5.56 Å². The summed E-state index contributed by atoms with van der Waals surface area (Å²) >= 11 is 3.27. The SMILES string of the molecule is COc1ccc([N+](=O)[O-])cc1NC(=O)CC(NS(=O)(=O)c1ccc(Br)cc1)c1ccccc1. The maximum atomic E-state index is 12.9. The van der Waals surface area contributed by atoms with Crippen molar-refractivity contribution in [3.63, 3.8) is 0 Å². The molecule has 0 spiro atoms. The first-order valence-corrected chi connectivity index (χ1v) is 11.9. The number of halogens is 1. The summed E-state index contributed by atoms with van der Waals surface area (Å²) in [5.74, 6) is -0.318. The first kappa shape index (κ1) is 24.4. The summed E-state index contributed by atoms with van der Waals surface area (Å²) in [6.07, 6.45) is -0.258. The molecule has 1 amide bonds. The lowest BCUT2D eigenvalue weighted by atomic mass is 10.0. The number of methoxy groups -OCH3 is 1. The van der Waals surface area contributed by atoms with Crippen LogP contribution in [0.4, 0.5) is 11.4 Å². The molecule has 11 heteroatoms. The van der Waals surface area contributed by atoms with Crippen molar-refractivity contribution < 1.29 is 22.9 Å². The number of nitrogens with zero attached hydrogens (tertiary/aromatic N) is 1. The number of nitrogens with one attached hydrogen (secondary N) is 2. The summed E-state index contributed by atoms with van der Waals surface area (Å²) in [7, 11) is -2.57. The number of carbonyl (C=O) groups is 1. The zero-order chi connectivity index (χ0) is 24.0. The average molecular weight is 534 g/mol. The predicted octanol–water partition coefficient (Wildman–Crippen LogP) is 4.41. The maximum Gasteiger partial charge on any atom is 0.271 e. The van der Waals surface area contributed by atoms with Gasteiger partial charge in [-0.15, -0.1) is 0 Å². The largest absolute Gasteiger partial charge is 0.495 e. The number of nitro benzene ring substituents is 1. The minimum atomic E-state index is -3.94. The summed E-state index contributed by atoms with van der Waals surface area (Å²) < 4.78 is 34.3. The topological polar surface area (TPSA) is 128 Å². The van der Waals surface area contributed by atoms with E-state index in [1.807, 2.05) is 0 Å². The molecule has 33 heavy (non-hydrogen) atoms. The van der Waals surface area contributed by atoms with E-state index in [-0.39, 0.29) is 28.4 Å². The van der Waals surface area contributed by atoms with Crippen LogP contribution >= 0.6 is 15.9 Å². The summed E-state index contributed by atoms with van der Waals surface area (Å²) in [5.41, 5.74) is 0.472. The van der Waals surface area contributed by atoms with Crippen molar-refractivity contribution >= 4 is 43.2 Å². The fourth-order valence-electron chi connectivity index (χ4n) is 3.08. The molecule has 1 atom stereocenters. The van der Waals surface area contributed by atoms with Gasteiger partial charge in [-0.05, 0) is 35.9 Å². The Morgan fingerprint density at radius 2 is 1.76 bits per heavy atom. The second-order valence-electron chi connectivity index (χ2n) is 6.93. The van der Waals surface area contributed by atoms with Crippen LogP contribution in [0.2, 0.25) is 0 Å². The van der Waals surface area contributed by atoms with Crippen molar-refractivity contribution in [1.29, 1.82) is 0 Å². The first-order valence-electron chi connectivity index (χ1n) is 9.65. The van der Waals surface area contributed by atoms with Gasteiger partial charge in [0.05, 0.1) is 28.7 Å². The number of non-ortho nitro benzene ring substituents is 1. The summed E-state index contributed by atoms with van der Waals surface area (Å²) in [4.78, 5) is 23.4. The molecule has 0 fully saturated rings. The van der Waals surface area contributed by atoms with Crippen molar-refractivity contribution in [2.75, 3.05) is 12.4 Å². The number of hydrogen-bond acceptors (Lipinski definition) is 6. The lowest BCUT2D eigenvalue weighted by molar-refractivity contribution is -0.384. The average Bonchev–Trinajstić information content (AvgIpc) is 2.79. The van der Waals surface area contributed by atoms with Crippen LogP contribution in [0.3, 0.4) is 0 Å². The van der Waals surface area contributed by atoms with Gasteiger partial charge in [0.1, 0.15) is 5.75 Å². The lowest BCUT2D eigenvalue weighted by Crippen LogP contribution is -2.31. The van der Waals surface area contributed by atoms with Crippen LogP contribution in [-0.4, -0.2) is 26.4 Å². The molecule has 0 bridgehead atoms. The number of carbonyl (C=O) groups excluding carboxylic acids is 1. The Morgan fingerprint density at radius 3 is 2.36 bits per heavy atom. The van der Waals surface area contributed by atoms with Crippen LogP contribution in [0.1, 0.15) is 18.0 Å². The minimum Gasteiger partial charge on any atom is -0.495 e. The van der Waals surface area contributed by atoms with Crippen molar-refractivity contribution in [1.82, 2.24) is 4.72 Å². The second kappa shape index (κ2) is 10.6. The Bertz CT molecular complexity index is 1250. The molecule has 0 aromatic heterocycles. The quantitative estimate of drug-likeness (QED) is 0.309. The molecule has 0 saturated heterocycles. The third-order valence-corrected chi connectivity index (χ3v) is 6.70. The molecular formula is C22H20BrN3O6S. The minimum absolute atomic E-state index is 0.0485. The number of anilines is 1. The molecule has 3 aromatic carbocycles. The highest BCUT2D eigenvalue weighted by molar-refractivity contribution is 9.10. The van der Waals surface area contributed by atoms with Gasteiger partial charge in [-0.25, -0.2) is 13.1 Å². The highest BCUT2D eigenvalue weighted by Gasteiger charge is 2.24. The Hall–Kier alpha value is -3.28. The van der Waals surface area contributed by atoms with Gasteiger partial charge in [0.25, 0.3) is 5.69 Å². The smallest absolute Gasteiger partial charge is 0.271 e. The van der Waals surface area contributed by atoms with Crippen molar-refractivity contribution in [3.05, 3.63) is 92.9 Å². The molecule has 9 nitrogen and oxygen atoms in total. The van der Waals surface area contributed by atoms with Gasteiger partial charge in [0, 0.05) is 23.0 Å². The zero-order valence-electron chi connectivity index (χ0n) is 17.4. The molecule has 0 aliphatic rings. The van der Waals surface area contributed by atoms with Crippen molar-refractivity contribution in [2.24, 2.45) is 0 Å². The van der Waals surface area contributed by atoms with Crippen LogP contribution in [0.5, 0.6) is 5.75 Å². The fourth-order valence-corrected chi connectivity index (χ4v) is 4.56. The number of hydrogen-bond donors (Lipinski definition) is 2. The van der Waals surface area contributed by atoms with E-state index in [1.165, 1.54) is 37.4 Å². The molecule has 0 heterocycles. The monoisotopic (exact) mass is 533 g/mol. The van der Waals surface area contributed by atoms with Crippen LogP contribution in [0, 0.1) is 10.1 Å². The Morgan fingerprint density at radius 1 is 1.09 bits per heavy atom. The van der Waals surface area contributed by atoms with Crippen LogP contribution in [-0.2, 0) is 14.8 Å². The van der Waals surface area contributed by atoms with Gasteiger partial charge in [-0.2, -0.15) is 0 Å². The lowest BCUT2D eigenvalue weighted by Gasteiger charge is -2.19. The standard InChI is InChI=1S/C22H20BrN3O6S/c1-32-21-12-9-17(26(28)29)13-20(21)24-22(27)14-19(15-5-3-2-4-6-15)25-33(30,31)18-10-7-16(23)8-11-18/h2-13,19,25H,14H2,1H3,(H,24,27). The summed E-state index contributed by atoms with van der Waals surface area (Å²) in [5, 5.41) is 13.7. The number of rotatable bonds is 9. The molecule has 2 N–H and O–H groups in total. The van der Waals surface area contributed by atoms with E-state index in [2.05, 4.69) is 26.0 Å². The van der Waals surface area contributed by atoms with E-state index >= 15 is 0 Å². The molecule has 0 saturated carbocycles. The van der Waals surface area contributed by atoms with Gasteiger partial charge in [0.15, 0.2) is 0 Å². The van der Waals surface area contributed by atoms with Gasteiger partial charge in [-0.3, -0.25) is 14.9 Å². The van der Waals surface area contributed by atoms with Gasteiger partial charge in [-0.1, -0.05) is 46.3 Å². The van der Waals surface area contributed by atoms with E-state index in [1.54, 1.807) is 42.5 Å². The molecule has 3 rings (SSSR count). The Balaban J connectivity index is 1.86. The molecule has 1 unspecified atom stereocenters. The maximum absolute atomic E-state index is 12.9. The number of amides is 1. The number of sulfonamides is 1. The van der Waals surface area contributed by atoms with Crippen LogP contribution in [0.15, 0.2) is 82.2 Å². The molecule has 0 radical (unpaired) electrons. The molecular weight excluding hydrogens is 514 g/mol. The van der Waals surface area contributed by atoms with E-state index in [4.69, 9.17) is 4.74 Å². The summed E-state index contributed by atoms with van der Waals surface area (Å²) in [6.45, 7) is 0. The van der Waals surface area contributed by atoms with Gasteiger partial charge in [0.2, 0.25) is 15.9 Å². The predicted molar refractivity (Wildman–Crippen MR) is 127 cm³/mol. The first-order chi connectivity index (χ1) is 15.7. The highest BCUT2D eigenvalue weighted by Crippen LogP contribution is 2.30. The third kappa shape index (κ3) is 6.37. The number of benzene rings is 3. The Labute approximate surface area is 199 Å². The Kier molecular flexibility index (Phi) is 7.79. The van der Waals surface area contributed by atoms with Crippen LogP contribution in [0.25, 0.3) is 0 Å². The van der Waals surface area contributed by atoms with E-state index in [0.717, 1.165) is 4.47 Å². The zero-order valence-corrected chi connectivity index (χ0v) is 19.8. The normalized spacial score (nSPS) is 12.1. The third-order valence-electron chi connectivity index (χ3n) is 4.68. The second-order valence-corrected chi connectivity index (χ2v) is 9.56. The molecule has 172 valence electrons. The van der Waals surface area contributed by atoms with Crippen molar-refractivity contribution in [3.8, 4) is 5.75 Å². The van der Waals surface area contributed by atoms with Crippen LogP contribution < -0.4 is 14.8 Å². The number of ether oxygens (including phenoxy) is 1. The van der Waals surface area contributed by atoms with Gasteiger partial charge < -0.3 is 10.1 Å². The van der Waals surface area contributed by atoms with E-state index < -0.39 is 26.9 Å². The molecule has 0 aliphatic heterocycles. The highest BCUT2D eigenvalue weighted by atomic mass is 79.9. The fraction of sp³-hybridized carbons (Fsp3) is 0.136. The van der Waals surface area contributed by atoms with E-state index in [9.17, 15) is 23.3 Å². The molecule has 3 aromatic rings. The molecule has 0 aliphatic carbocycles. The van der Waals surface area contributed by atoms with Crippen molar-refractivity contribution in [2.45, 2.75) is 17.4 Å². The number of nitro groups is 1. The summed E-state index contributed by atoms with van der Waals surface area (Å²) in [6, 6.07) is 17.7.